The number of carbonyl (C=O) groups excluding carboxylic acids is 2. The van der Waals surface area contributed by atoms with E-state index in [1.165, 1.54) is 0 Å². The average Bonchev–Trinajstić information content (AvgIpc) is 2.61. The van der Waals surface area contributed by atoms with Gasteiger partial charge in [0.15, 0.2) is 0 Å². The highest BCUT2D eigenvalue weighted by Crippen LogP contribution is 2.04. The molecule has 0 radical (unpaired) electrons. The predicted molar refractivity (Wildman–Crippen MR) is 61.9 cm³/mol. The second kappa shape index (κ2) is 6.48. The van der Waals surface area contributed by atoms with Gasteiger partial charge in [0.1, 0.15) is 0 Å². The lowest BCUT2D eigenvalue weighted by molar-refractivity contribution is -0.120. The van der Waals surface area contributed by atoms with Crippen LogP contribution >= 0.6 is 0 Å². The van der Waals surface area contributed by atoms with E-state index in [-0.39, 0.29) is 17.9 Å². The van der Waals surface area contributed by atoms with Crippen LogP contribution in [-0.2, 0) is 9.59 Å². The van der Waals surface area contributed by atoms with E-state index in [9.17, 15) is 9.59 Å². The van der Waals surface area contributed by atoms with Crippen molar-refractivity contribution in [3.05, 3.63) is 0 Å². The first-order chi connectivity index (χ1) is 7.58. The Labute approximate surface area is 96.4 Å². The molecular formula is C11H21N3O2. The molecule has 0 aromatic carbocycles. The van der Waals surface area contributed by atoms with Crippen LogP contribution in [-0.4, -0.2) is 37.5 Å². The van der Waals surface area contributed by atoms with Gasteiger partial charge in [-0.3, -0.25) is 9.59 Å². The summed E-state index contributed by atoms with van der Waals surface area (Å²) in [5.41, 5.74) is 0. The summed E-state index contributed by atoms with van der Waals surface area (Å²) in [5, 5.41) is 8.72. The van der Waals surface area contributed by atoms with Crippen LogP contribution in [0.4, 0.5) is 0 Å². The Balaban J connectivity index is 2.02. The molecular weight excluding hydrogens is 206 g/mol. The highest BCUT2D eigenvalue weighted by Gasteiger charge is 2.19. The molecule has 2 amide bonds. The monoisotopic (exact) mass is 227 g/mol. The van der Waals surface area contributed by atoms with E-state index < -0.39 is 0 Å². The molecule has 1 aliphatic rings. The Bertz CT molecular complexity index is 254. The predicted octanol–water partition coefficient (Wildman–Crippen LogP) is -0.373. The maximum Gasteiger partial charge on any atom is 0.233 e. The van der Waals surface area contributed by atoms with E-state index >= 15 is 0 Å². The van der Waals surface area contributed by atoms with Gasteiger partial charge in [0, 0.05) is 25.6 Å². The molecule has 5 heteroatoms. The minimum absolute atomic E-state index is 0.0121. The van der Waals surface area contributed by atoms with Crippen molar-refractivity contribution < 1.29 is 9.59 Å². The fourth-order valence-electron chi connectivity index (χ4n) is 1.57. The molecule has 0 aromatic heterocycles. The minimum Gasteiger partial charge on any atom is -0.355 e. The summed E-state index contributed by atoms with van der Waals surface area (Å²) >= 11 is 0. The average molecular weight is 227 g/mol. The third-order valence-corrected chi connectivity index (χ3v) is 2.47. The van der Waals surface area contributed by atoms with Crippen molar-refractivity contribution in [1.29, 1.82) is 0 Å². The molecule has 0 aromatic rings. The van der Waals surface area contributed by atoms with Crippen LogP contribution in [0.2, 0.25) is 0 Å². The molecule has 1 fully saturated rings. The Kier molecular flexibility index (Phi) is 5.25. The zero-order valence-electron chi connectivity index (χ0n) is 10.0. The number of hydrogen-bond donors (Lipinski definition) is 3. The zero-order chi connectivity index (χ0) is 12.0. The quantitative estimate of drug-likeness (QED) is 0.579. The van der Waals surface area contributed by atoms with Crippen molar-refractivity contribution in [3.63, 3.8) is 0 Å². The zero-order valence-corrected chi connectivity index (χ0v) is 10.0. The van der Waals surface area contributed by atoms with E-state index in [2.05, 4.69) is 29.8 Å². The second-order valence-corrected chi connectivity index (χ2v) is 4.63. The largest absolute Gasteiger partial charge is 0.355 e. The molecule has 1 heterocycles. The van der Waals surface area contributed by atoms with Gasteiger partial charge in [-0.15, -0.1) is 0 Å². The lowest BCUT2D eigenvalue weighted by atomic mass is 10.2. The van der Waals surface area contributed by atoms with Gasteiger partial charge in [0.25, 0.3) is 0 Å². The van der Waals surface area contributed by atoms with E-state index in [1.807, 2.05) is 0 Å². The Morgan fingerprint density at radius 3 is 2.88 bits per heavy atom. The van der Waals surface area contributed by atoms with E-state index in [0.717, 1.165) is 6.42 Å². The van der Waals surface area contributed by atoms with Gasteiger partial charge in [0.05, 0.1) is 6.54 Å². The summed E-state index contributed by atoms with van der Waals surface area (Å²) in [6.07, 6.45) is 1.46. The van der Waals surface area contributed by atoms with Gasteiger partial charge in [-0.1, -0.05) is 13.8 Å². The van der Waals surface area contributed by atoms with Crippen LogP contribution in [0.5, 0.6) is 0 Å². The highest BCUT2D eigenvalue weighted by molar-refractivity contribution is 5.79. The Morgan fingerprint density at radius 2 is 2.31 bits per heavy atom. The first-order valence-electron chi connectivity index (χ1n) is 5.84. The van der Waals surface area contributed by atoms with Gasteiger partial charge in [-0.05, 0) is 12.3 Å². The van der Waals surface area contributed by atoms with Crippen LogP contribution in [0.15, 0.2) is 0 Å². The topological polar surface area (TPSA) is 70.2 Å². The lowest BCUT2D eigenvalue weighted by Crippen LogP contribution is -2.41. The number of nitrogens with one attached hydrogen (secondary N) is 3. The molecule has 1 saturated heterocycles. The molecule has 0 spiro atoms. The highest BCUT2D eigenvalue weighted by atomic mass is 16.2. The van der Waals surface area contributed by atoms with Gasteiger partial charge < -0.3 is 16.0 Å². The van der Waals surface area contributed by atoms with Gasteiger partial charge in [0.2, 0.25) is 11.8 Å². The van der Waals surface area contributed by atoms with Gasteiger partial charge in [-0.2, -0.15) is 0 Å². The normalized spacial score (nSPS) is 19.9. The van der Waals surface area contributed by atoms with Crippen molar-refractivity contribution in [1.82, 2.24) is 16.0 Å². The third-order valence-electron chi connectivity index (χ3n) is 2.47. The van der Waals surface area contributed by atoms with Crippen LogP contribution in [0.1, 0.15) is 26.7 Å². The van der Waals surface area contributed by atoms with Gasteiger partial charge in [-0.25, -0.2) is 0 Å². The smallest absolute Gasteiger partial charge is 0.233 e. The Hall–Kier alpha value is -1.10. The molecule has 1 rings (SSSR count). The fourth-order valence-corrected chi connectivity index (χ4v) is 1.57. The SMILES string of the molecule is CC(C)CNC(=O)CNCC1CCC(=O)N1. The molecule has 16 heavy (non-hydrogen) atoms. The first-order valence-corrected chi connectivity index (χ1v) is 5.84. The summed E-state index contributed by atoms with van der Waals surface area (Å²) in [6, 6.07) is 0.186. The van der Waals surface area contributed by atoms with E-state index in [1.54, 1.807) is 0 Å². The number of hydrogen-bond acceptors (Lipinski definition) is 3. The van der Waals surface area contributed by atoms with Crippen molar-refractivity contribution in [2.75, 3.05) is 19.6 Å². The van der Waals surface area contributed by atoms with Gasteiger partial charge >= 0.3 is 0 Å². The van der Waals surface area contributed by atoms with E-state index in [0.29, 0.717) is 32.0 Å². The molecule has 1 atom stereocenters. The molecule has 1 unspecified atom stereocenters. The van der Waals surface area contributed by atoms with Crippen molar-refractivity contribution in [2.45, 2.75) is 32.7 Å². The molecule has 0 saturated carbocycles. The molecule has 0 aliphatic carbocycles. The third kappa shape index (κ3) is 5.11. The van der Waals surface area contributed by atoms with Crippen LogP contribution in [0.25, 0.3) is 0 Å². The second-order valence-electron chi connectivity index (χ2n) is 4.63. The number of amides is 2. The molecule has 3 N–H and O–H groups in total. The summed E-state index contributed by atoms with van der Waals surface area (Å²) in [5.74, 6) is 0.590. The van der Waals surface area contributed by atoms with E-state index in [4.69, 9.17) is 0 Å². The van der Waals surface area contributed by atoms with Crippen LogP contribution < -0.4 is 16.0 Å². The number of carbonyl (C=O) groups is 2. The van der Waals surface area contributed by atoms with Crippen molar-refractivity contribution in [3.8, 4) is 0 Å². The number of rotatable bonds is 6. The fraction of sp³-hybridized carbons (Fsp3) is 0.818. The molecule has 1 aliphatic heterocycles. The summed E-state index contributed by atoms with van der Waals surface area (Å²) in [4.78, 5) is 22.2. The molecule has 92 valence electrons. The van der Waals surface area contributed by atoms with Crippen molar-refractivity contribution in [2.24, 2.45) is 5.92 Å². The van der Waals surface area contributed by atoms with Crippen LogP contribution in [0.3, 0.4) is 0 Å². The summed E-state index contributed by atoms with van der Waals surface area (Å²) in [6.45, 7) is 5.81. The first kappa shape index (κ1) is 13.0. The maximum absolute atomic E-state index is 11.3. The summed E-state index contributed by atoms with van der Waals surface area (Å²) < 4.78 is 0. The molecule has 5 nitrogen and oxygen atoms in total. The summed E-state index contributed by atoms with van der Waals surface area (Å²) in [7, 11) is 0. The van der Waals surface area contributed by atoms with Crippen molar-refractivity contribution >= 4 is 11.8 Å². The van der Waals surface area contributed by atoms with Crippen LogP contribution in [0, 0.1) is 5.92 Å². The lowest BCUT2D eigenvalue weighted by Gasteiger charge is -2.12. The minimum atomic E-state index is 0.0121. The molecule has 0 bridgehead atoms. The standard InChI is InChI=1S/C11H21N3O2/c1-8(2)5-13-11(16)7-12-6-9-3-4-10(15)14-9/h8-9,12H,3-7H2,1-2H3,(H,13,16)(H,14,15). The Morgan fingerprint density at radius 1 is 1.56 bits per heavy atom. The maximum atomic E-state index is 11.3.